The first-order valence-electron chi connectivity index (χ1n) is 10.3. The van der Waals surface area contributed by atoms with E-state index >= 15 is 0 Å². The Bertz CT molecular complexity index is 875. The van der Waals surface area contributed by atoms with Crippen LogP contribution in [0.5, 0.6) is 5.75 Å². The first-order valence-corrected chi connectivity index (χ1v) is 10.3. The third-order valence-corrected chi connectivity index (χ3v) is 5.55. The van der Waals surface area contributed by atoms with Gasteiger partial charge in [0.25, 0.3) is 0 Å². The van der Waals surface area contributed by atoms with Crippen LogP contribution in [0.15, 0.2) is 30.5 Å². The van der Waals surface area contributed by atoms with Crippen LogP contribution < -0.4 is 4.74 Å². The third-order valence-electron chi connectivity index (χ3n) is 5.55. The molecule has 2 aliphatic heterocycles. The van der Waals surface area contributed by atoms with Gasteiger partial charge in [0.1, 0.15) is 11.4 Å². The van der Waals surface area contributed by atoms with Crippen molar-refractivity contribution in [1.29, 1.82) is 0 Å². The molecule has 3 heterocycles. The van der Waals surface area contributed by atoms with Crippen LogP contribution in [0.25, 0.3) is 0 Å². The Morgan fingerprint density at radius 1 is 1.28 bits per heavy atom. The average Bonchev–Trinajstić information content (AvgIpc) is 3.30. The highest BCUT2D eigenvalue weighted by molar-refractivity contribution is 5.78. The fourth-order valence-corrected chi connectivity index (χ4v) is 3.86. The molecule has 29 heavy (non-hydrogen) atoms. The number of nitrogens with zero attached hydrogens (tertiary/aromatic N) is 5. The molecule has 8 heteroatoms. The molecule has 2 fully saturated rings. The van der Waals surface area contributed by atoms with Crippen LogP contribution in [0.4, 0.5) is 0 Å². The van der Waals surface area contributed by atoms with Crippen molar-refractivity contribution in [2.75, 3.05) is 26.2 Å². The van der Waals surface area contributed by atoms with Crippen molar-refractivity contribution >= 4 is 11.8 Å². The molecule has 0 saturated carbocycles. The Morgan fingerprint density at radius 3 is 2.86 bits per heavy atom. The molecule has 0 atom stereocenters. The van der Waals surface area contributed by atoms with Crippen molar-refractivity contribution in [1.82, 2.24) is 24.8 Å². The Hall–Kier alpha value is -2.90. The molecule has 154 valence electrons. The summed E-state index contributed by atoms with van der Waals surface area (Å²) in [6.07, 6.45) is 4.59. The lowest BCUT2D eigenvalue weighted by atomic mass is 10.0. The second-order valence-electron chi connectivity index (χ2n) is 7.60. The molecule has 0 N–H and O–H groups in total. The molecule has 2 amide bonds. The van der Waals surface area contributed by atoms with Gasteiger partial charge >= 0.3 is 0 Å². The smallest absolute Gasteiger partial charge is 0.223 e. The van der Waals surface area contributed by atoms with Crippen LogP contribution in [0, 0.1) is 0 Å². The number of hydrogen-bond donors (Lipinski definition) is 0. The average molecular weight is 397 g/mol. The zero-order valence-electron chi connectivity index (χ0n) is 16.8. The second kappa shape index (κ2) is 8.63. The van der Waals surface area contributed by atoms with Crippen LogP contribution in [-0.4, -0.2) is 62.8 Å². The molecule has 1 aromatic carbocycles. The van der Waals surface area contributed by atoms with E-state index in [1.165, 1.54) is 0 Å². The maximum absolute atomic E-state index is 12.5. The Balaban J connectivity index is 1.25. The van der Waals surface area contributed by atoms with Gasteiger partial charge in [0, 0.05) is 32.5 Å². The largest absolute Gasteiger partial charge is 0.494 e. The first-order chi connectivity index (χ1) is 14.1. The summed E-state index contributed by atoms with van der Waals surface area (Å²) in [4.78, 5) is 27.9. The minimum Gasteiger partial charge on any atom is -0.494 e. The monoisotopic (exact) mass is 397 g/mol. The van der Waals surface area contributed by atoms with E-state index < -0.39 is 0 Å². The number of ether oxygens (including phenoxy) is 1. The zero-order chi connectivity index (χ0) is 20.2. The van der Waals surface area contributed by atoms with Gasteiger partial charge < -0.3 is 14.5 Å². The van der Waals surface area contributed by atoms with Gasteiger partial charge in [-0.2, -0.15) is 0 Å². The van der Waals surface area contributed by atoms with Gasteiger partial charge in [-0.25, -0.2) is 4.68 Å². The van der Waals surface area contributed by atoms with Gasteiger partial charge in [-0.3, -0.25) is 9.59 Å². The van der Waals surface area contributed by atoms with E-state index in [0.717, 1.165) is 30.0 Å². The standard InChI is InChI=1S/C21H27N5O3/c1-2-29-19-7-4-3-6-16(19)9-10-21(28)25-14-18(15-25)26-13-17(22-23-26)12-24-11-5-8-20(24)27/h3-4,6-7,13,18H,2,5,8-12,14-15H2,1H3. The lowest BCUT2D eigenvalue weighted by molar-refractivity contribution is -0.137. The van der Waals surface area contributed by atoms with Crippen molar-refractivity contribution in [3.63, 3.8) is 0 Å². The number of aryl methyl sites for hydroxylation is 1. The summed E-state index contributed by atoms with van der Waals surface area (Å²) in [7, 11) is 0. The molecule has 0 unspecified atom stereocenters. The minimum atomic E-state index is 0.149. The number of hydrogen-bond acceptors (Lipinski definition) is 5. The minimum absolute atomic E-state index is 0.149. The van der Waals surface area contributed by atoms with Crippen LogP contribution in [0.2, 0.25) is 0 Å². The van der Waals surface area contributed by atoms with E-state index in [1.807, 2.05) is 51.9 Å². The highest BCUT2D eigenvalue weighted by atomic mass is 16.5. The van der Waals surface area contributed by atoms with Gasteiger partial charge in [0.05, 0.1) is 25.4 Å². The highest BCUT2D eigenvalue weighted by Gasteiger charge is 2.32. The summed E-state index contributed by atoms with van der Waals surface area (Å²) < 4.78 is 7.46. The topological polar surface area (TPSA) is 80.6 Å². The van der Waals surface area contributed by atoms with Gasteiger partial charge in [-0.05, 0) is 31.4 Å². The van der Waals surface area contributed by atoms with E-state index in [1.54, 1.807) is 0 Å². The molecular formula is C21H27N5O3. The number of para-hydroxylation sites is 1. The van der Waals surface area contributed by atoms with E-state index in [9.17, 15) is 9.59 Å². The van der Waals surface area contributed by atoms with Crippen molar-refractivity contribution in [2.24, 2.45) is 0 Å². The quantitative estimate of drug-likeness (QED) is 0.679. The van der Waals surface area contributed by atoms with Crippen molar-refractivity contribution < 1.29 is 14.3 Å². The lowest BCUT2D eigenvalue weighted by Crippen LogP contribution is -2.51. The number of carbonyl (C=O) groups excluding carboxylic acids is 2. The molecule has 2 aliphatic rings. The molecule has 2 saturated heterocycles. The molecule has 2 aromatic rings. The number of amides is 2. The van der Waals surface area contributed by atoms with Gasteiger partial charge in [0.2, 0.25) is 11.8 Å². The molecular weight excluding hydrogens is 370 g/mol. The molecule has 4 rings (SSSR count). The molecule has 8 nitrogen and oxygen atoms in total. The highest BCUT2D eigenvalue weighted by Crippen LogP contribution is 2.24. The molecule has 1 aromatic heterocycles. The van der Waals surface area contributed by atoms with Crippen molar-refractivity contribution in [3.8, 4) is 5.75 Å². The van der Waals surface area contributed by atoms with Crippen LogP contribution in [0.1, 0.15) is 43.5 Å². The normalized spacial score (nSPS) is 16.9. The fraction of sp³-hybridized carbons (Fsp3) is 0.524. The van der Waals surface area contributed by atoms with E-state index in [2.05, 4.69) is 10.3 Å². The summed E-state index contributed by atoms with van der Waals surface area (Å²) in [5, 5.41) is 8.39. The van der Waals surface area contributed by atoms with Gasteiger partial charge in [-0.1, -0.05) is 23.4 Å². The summed E-state index contributed by atoms with van der Waals surface area (Å²) in [5.74, 6) is 1.19. The Kier molecular flexibility index (Phi) is 5.78. The summed E-state index contributed by atoms with van der Waals surface area (Å²) in [6, 6.07) is 8.04. The number of benzene rings is 1. The molecule has 0 radical (unpaired) electrons. The Morgan fingerprint density at radius 2 is 2.10 bits per heavy atom. The van der Waals surface area contributed by atoms with Gasteiger partial charge in [0.15, 0.2) is 0 Å². The second-order valence-corrected chi connectivity index (χ2v) is 7.60. The molecule has 0 spiro atoms. The van der Waals surface area contributed by atoms with E-state index in [4.69, 9.17) is 4.74 Å². The lowest BCUT2D eigenvalue weighted by Gasteiger charge is -2.39. The zero-order valence-corrected chi connectivity index (χ0v) is 16.8. The van der Waals surface area contributed by atoms with Crippen LogP contribution >= 0.6 is 0 Å². The SMILES string of the molecule is CCOc1ccccc1CCC(=O)N1CC(n2cc(CN3CCCC3=O)nn2)C1. The predicted molar refractivity (Wildman–Crippen MR) is 106 cm³/mol. The fourth-order valence-electron chi connectivity index (χ4n) is 3.86. The number of aromatic nitrogens is 3. The Labute approximate surface area is 170 Å². The van der Waals surface area contributed by atoms with Crippen LogP contribution in [-0.2, 0) is 22.6 Å². The van der Waals surface area contributed by atoms with Crippen molar-refractivity contribution in [3.05, 3.63) is 41.7 Å². The third kappa shape index (κ3) is 4.41. The van der Waals surface area contributed by atoms with Crippen LogP contribution in [0.3, 0.4) is 0 Å². The number of likely N-dealkylation sites (tertiary alicyclic amines) is 2. The van der Waals surface area contributed by atoms with Gasteiger partial charge in [-0.15, -0.1) is 5.10 Å². The van der Waals surface area contributed by atoms with E-state index in [-0.39, 0.29) is 17.9 Å². The number of rotatable bonds is 8. The first kappa shape index (κ1) is 19.4. The maximum atomic E-state index is 12.5. The predicted octanol–water partition coefficient (Wildman–Crippen LogP) is 1.82. The summed E-state index contributed by atoms with van der Waals surface area (Å²) >= 11 is 0. The number of carbonyl (C=O) groups is 2. The molecule has 0 bridgehead atoms. The van der Waals surface area contributed by atoms with Crippen molar-refractivity contribution in [2.45, 2.75) is 45.2 Å². The summed E-state index contributed by atoms with van der Waals surface area (Å²) in [6.45, 7) is 5.19. The van der Waals surface area contributed by atoms with E-state index in [0.29, 0.717) is 45.5 Å². The molecule has 0 aliphatic carbocycles. The maximum Gasteiger partial charge on any atom is 0.223 e. The summed E-state index contributed by atoms with van der Waals surface area (Å²) in [5.41, 5.74) is 1.87.